The summed E-state index contributed by atoms with van der Waals surface area (Å²) in [6.07, 6.45) is 3.04. The van der Waals surface area contributed by atoms with E-state index in [1.807, 2.05) is 55.5 Å². The van der Waals surface area contributed by atoms with Crippen LogP contribution in [0.1, 0.15) is 18.7 Å². The lowest BCUT2D eigenvalue weighted by Gasteiger charge is -2.21. The summed E-state index contributed by atoms with van der Waals surface area (Å²) in [5, 5.41) is 5.11. The molecule has 0 fully saturated rings. The normalized spacial score (nSPS) is 11.9. The maximum atomic E-state index is 13.5. The quantitative estimate of drug-likeness (QED) is 0.404. The Morgan fingerprint density at radius 2 is 1.87 bits per heavy atom. The van der Waals surface area contributed by atoms with Gasteiger partial charge in [0.15, 0.2) is 11.5 Å². The minimum atomic E-state index is -0.248. The summed E-state index contributed by atoms with van der Waals surface area (Å²) in [7, 11) is 0. The fourth-order valence-corrected chi connectivity index (χ4v) is 3.92. The van der Waals surface area contributed by atoms with E-state index in [1.165, 1.54) is 6.33 Å². The van der Waals surface area contributed by atoms with Gasteiger partial charge >= 0.3 is 0 Å². The van der Waals surface area contributed by atoms with Crippen LogP contribution in [0.5, 0.6) is 0 Å². The second-order valence-corrected chi connectivity index (χ2v) is 7.35. The third-order valence-electron chi connectivity index (χ3n) is 5.06. The van der Waals surface area contributed by atoms with Crippen LogP contribution >= 0.6 is 24.0 Å². The van der Waals surface area contributed by atoms with Crippen molar-refractivity contribution in [2.75, 3.05) is 5.32 Å². The van der Waals surface area contributed by atoms with Gasteiger partial charge in [0.25, 0.3) is 5.56 Å². The Kier molecular flexibility index (Phi) is 5.63. The van der Waals surface area contributed by atoms with E-state index in [2.05, 4.69) is 25.3 Å². The number of para-hydroxylation sites is 1. The molecule has 2 N–H and O–H groups in total. The zero-order valence-corrected chi connectivity index (χ0v) is 18.0. The summed E-state index contributed by atoms with van der Waals surface area (Å²) in [6, 6.07) is 16.7. The molecule has 0 spiro atoms. The molecule has 5 rings (SSSR count). The first-order chi connectivity index (χ1) is 14.6. The zero-order valence-electron chi connectivity index (χ0n) is 16.4. The van der Waals surface area contributed by atoms with E-state index >= 15 is 0 Å². The maximum absolute atomic E-state index is 13.5. The van der Waals surface area contributed by atoms with Crippen molar-refractivity contribution in [1.29, 1.82) is 0 Å². The number of pyridine rings is 1. The molecule has 0 saturated heterocycles. The molecule has 0 saturated carbocycles. The van der Waals surface area contributed by atoms with Gasteiger partial charge in [-0.15, -0.1) is 12.4 Å². The minimum absolute atomic E-state index is 0. The molecular weight excluding hydrogens is 435 g/mol. The van der Waals surface area contributed by atoms with Crippen LogP contribution in [-0.4, -0.2) is 24.5 Å². The van der Waals surface area contributed by atoms with Crippen LogP contribution in [0.15, 0.2) is 72.0 Å². The summed E-state index contributed by atoms with van der Waals surface area (Å²) >= 11 is 6.38. The Labute approximate surface area is 188 Å². The number of aromatic amines is 1. The standard InChI is InChI=1S/C22H17ClN6O.ClH/c1-13(28-21-19-20(25-11-24-19)26-12-27-21)17-10-14-6-5-9-16(23)18(14)22(30)29(17)15-7-3-2-4-8-15;/h2-13H,1H3,(H2,24,25,26,27,28);1H/t13-;/m1./s1. The molecule has 31 heavy (non-hydrogen) atoms. The largest absolute Gasteiger partial charge is 0.360 e. The first-order valence-electron chi connectivity index (χ1n) is 9.43. The highest BCUT2D eigenvalue weighted by molar-refractivity contribution is 6.35. The Bertz CT molecular complexity index is 1430. The Morgan fingerprint density at radius 1 is 1.06 bits per heavy atom. The summed E-state index contributed by atoms with van der Waals surface area (Å²) in [4.78, 5) is 29.2. The van der Waals surface area contributed by atoms with E-state index in [0.29, 0.717) is 27.4 Å². The van der Waals surface area contributed by atoms with Gasteiger partial charge in [-0.3, -0.25) is 9.36 Å². The summed E-state index contributed by atoms with van der Waals surface area (Å²) in [6.45, 7) is 1.98. The van der Waals surface area contributed by atoms with Crippen molar-refractivity contribution < 1.29 is 0 Å². The van der Waals surface area contributed by atoms with Gasteiger partial charge < -0.3 is 10.3 Å². The second-order valence-electron chi connectivity index (χ2n) is 6.94. The first-order valence-corrected chi connectivity index (χ1v) is 9.81. The maximum Gasteiger partial charge on any atom is 0.264 e. The van der Waals surface area contributed by atoms with Gasteiger partial charge in [-0.2, -0.15) is 0 Å². The number of benzene rings is 2. The van der Waals surface area contributed by atoms with Crippen LogP contribution in [0.4, 0.5) is 5.82 Å². The molecule has 0 unspecified atom stereocenters. The molecule has 3 aromatic heterocycles. The molecule has 0 radical (unpaired) electrons. The number of nitrogens with zero attached hydrogens (tertiary/aromatic N) is 4. The molecule has 1 atom stereocenters. The average Bonchev–Trinajstić information content (AvgIpc) is 3.24. The van der Waals surface area contributed by atoms with Crippen molar-refractivity contribution in [1.82, 2.24) is 24.5 Å². The fraction of sp³-hybridized carbons (Fsp3) is 0.0909. The number of fused-ring (bicyclic) bond motifs is 2. The first kappa shape index (κ1) is 20.8. The lowest BCUT2D eigenvalue weighted by molar-refractivity contribution is 0.774. The number of imidazole rings is 1. The van der Waals surface area contributed by atoms with Gasteiger partial charge in [0, 0.05) is 11.4 Å². The SMILES string of the molecule is C[C@@H](Nc1ncnc2nc[nH]c12)c1cc2cccc(Cl)c2c(=O)n1-c1ccccc1.Cl. The Morgan fingerprint density at radius 3 is 2.68 bits per heavy atom. The number of rotatable bonds is 4. The molecule has 0 amide bonds. The molecule has 9 heteroatoms. The van der Waals surface area contributed by atoms with Gasteiger partial charge in [0.2, 0.25) is 0 Å². The predicted molar refractivity (Wildman–Crippen MR) is 126 cm³/mol. The summed E-state index contributed by atoms with van der Waals surface area (Å²) < 4.78 is 1.69. The van der Waals surface area contributed by atoms with Crippen LogP contribution in [0.3, 0.4) is 0 Å². The highest BCUT2D eigenvalue weighted by atomic mass is 35.5. The van der Waals surface area contributed by atoms with Gasteiger partial charge in [-0.1, -0.05) is 41.9 Å². The number of H-pyrrole nitrogens is 1. The van der Waals surface area contributed by atoms with Gasteiger partial charge in [-0.05, 0) is 36.6 Å². The Balaban J connectivity index is 0.00000231. The third kappa shape index (κ3) is 3.62. The van der Waals surface area contributed by atoms with Gasteiger partial charge in [-0.25, -0.2) is 15.0 Å². The van der Waals surface area contributed by atoms with E-state index < -0.39 is 0 Å². The lowest BCUT2D eigenvalue weighted by atomic mass is 10.1. The third-order valence-corrected chi connectivity index (χ3v) is 5.37. The topological polar surface area (TPSA) is 88.5 Å². The number of hydrogen-bond acceptors (Lipinski definition) is 5. The van der Waals surface area contributed by atoms with Crippen LogP contribution < -0.4 is 10.9 Å². The van der Waals surface area contributed by atoms with Crippen LogP contribution in [0.2, 0.25) is 5.02 Å². The van der Waals surface area contributed by atoms with E-state index in [-0.39, 0.29) is 24.0 Å². The molecule has 2 aromatic carbocycles. The molecule has 3 heterocycles. The highest BCUT2D eigenvalue weighted by Gasteiger charge is 2.19. The molecule has 0 bridgehead atoms. The molecule has 0 aliphatic carbocycles. The van der Waals surface area contributed by atoms with Crippen molar-refractivity contribution in [2.24, 2.45) is 0 Å². The second kappa shape index (κ2) is 8.37. The molecular formula is C22H18Cl2N6O. The monoisotopic (exact) mass is 452 g/mol. The zero-order chi connectivity index (χ0) is 20.7. The number of halogens is 2. The van der Waals surface area contributed by atoms with E-state index in [4.69, 9.17) is 11.6 Å². The molecule has 5 aromatic rings. The summed E-state index contributed by atoms with van der Waals surface area (Å²) in [5.74, 6) is 0.614. The number of nitrogens with one attached hydrogen (secondary N) is 2. The molecule has 0 aliphatic heterocycles. The summed E-state index contributed by atoms with van der Waals surface area (Å²) in [5.41, 5.74) is 2.67. The van der Waals surface area contributed by atoms with Crippen LogP contribution in [0.25, 0.3) is 27.6 Å². The van der Waals surface area contributed by atoms with Crippen LogP contribution in [0, 0.1) is 0 Å². The van der Waals surface area contributed by atoms with Crippen LogP contribution in [-0.2, 0) is 0 Å². The van der Waals surface area contributed by atoms with Crippen molar-refractivity contribution in [3.05, 3.63) is 88.3 Å². The molecule has 0 aliphatic rings. The fourth-order valence-electron chi connectivity index (χ4n) is 3.66. The number of anilines is 1. The number of hydrogen-bond donors (Lipinski definition) is 2. The van der Waals surface area contributed by atoms with Crippen molar-refractivity contribution in [2.45, 2.75) is 13.0 Å². The highest BCUT2D eigenvalue weighted by Crippen LogP contribution is 2.27. The van der Waals surface area contributed by atoms with Crippen molar-refractivity contribution in [3.63, 3.8) is 0 Å². The van der Waals surface area contributed by atoms with E-state index in [1.54, 1.807) is 17.0 Å². The molecule has 156 valence electrons. The Hall–Kier alpha value is -3.42. The van der Waals surface area contributed by atoms with E-state index in [0.717, 1.165) is 16.8 Å². The smallest absolute Gasteiger partial charge is 0.264 e. The van der Waals surface area contributed by atoms with Gasteiger partial charge in [0.05, 0.1) is 22.8 Å². The van der Waals surface area contributed by atoms with Crippen molar-refractivity contribution in [3.8, 4) is 5.69 Å². The number of aromatic nitrogens is 5. The van der Waals surface area contributed by atoms with Crippen molar-refractivity contribution >= 4 is 51.8 Å². The average molecular weight is 453 g/mol. The van der Waals surface area contributed by atoms with Gasteiger partial charge in [0.1, 0.15) is 11.8 Å². The van der Waals surface area contributed by atoms with E-state index in [9.17, 15) is 4.79 Å². The predicted octanol–water partition coefficient (Wildman–Crippen LogP) is 4.91. The molecule has 7 nitrogen and oxygen atoms in total. The lowest BCUT2D eigenvalue weighted by Crippen LogP contribution is -2.25. The minimum Gasteiger partial charge on any atom is -0.360 e.